The lowest BCUT2D eigenvalue weighted by molar-refractivity contribution is -0.275. The molecule has 0 bridgehead atoms. The second-order valence-electron chi connectivity index (χ2n) is 7.96. The maximum absolute atomic E-state index is 12.7. The monoisotopic (exact) mass is 434 g/mol. The highest BCUT2D eigenvalue weighted by atomic mass is 19.4. The second kappa shape index (κ2) is 7.88. The second-order valence-corrected chi connectivity index (χ2v) is 7.96. The largest absolute Gasteiger partial charge is 0.573 e. The van der Waals surface area contributed by atoms with E-state index in [1.54, 1.807) is 18.2 Å². The van der Waals surface area contributed by atoms with Crippen LogP contribution in [0.25, 0.3) is 0 Å². The van der Waals surface area contributed by atoms with E-state index in [1.807, 2.05) is 0 Å². The number of rotatable bonds is 4. The molecule has 1 heterocycles. The van der Waals surface area contributed by atoms with Crippen molar-refractivity contribution in [3.05, 3.63) is 64.7 Å². The number of carbonyl (C=O) groups is 2. The molecule has 2 aromatic carbocycles. The number of hydrogen-bond acceptors (Lipinski definition) is 4. The number of hydroxylamine groups is 2. The highest BCUT2D eigenvalue weighted by Crippen LogP contribution is 2.41. The molecule has 6 nitrogen and oxygen atoms in total. The van der Waals surface area contributed by atoms with Gasteiger partial charge in [-0.1, -0.05) is 24.3 Å². The summed E-state index contributed by atoms with van der Waals surface area (Å²) in [4.78, 5) is 25.0. The van der Waals surface area contributed by atoms with Crippen LogP contribution in [-0.4, -0.2) is 35.0 Å². The summed E-state index contributed by atoms with van der Waals surface area (Å²) in [6, 6.07) is 10.4. The topological polar surface area (TPSA) is 78.9 Å². The standard InChI is InChI=1S/C22H21F3N2O4/c23-22(24,25)31-18-4-2-1-3-16(18)13-27(30)19(28)15-6-5-14-7-8-21(12-17(14)11-15)9-10-26-20(21)29/h1-6,11,30H,7-10,12-13H2,(H,26,29)/t21-/m0/s1. The summed E-state index contributed by atoms with van der Waals surface area (Å²) in [5.41, 5.74) is 1.68. The number of amides is 2. The van der Waals surface area contributed by atoms with Gasteiger partial charge in [-0.25, -0.2) is 5.06 Å². The first kappa shape index (κ1) is 21.2. The van der Waals surface area contributed by atoms with E-state index in [4.69, 9.17) is 0 Å². The van der Waals surface area contributed by atoms with Gasteiger partial charge in [0.2, 0.25) is 5.91 Å². The van der Waals surface area contributed by atoms with Crippen LogP contribution in [0.15, 0.2) is 42.5 Å². The van der Waals surface area contributed by atoms with E-state index >= 15 is 0 Å². The van der Waals surface area contributed by atoms with Crippen molar-refractivity contribution in [1.82, 2.24) is 10.4 Å². The summed E-state index contributed by atoms with van der Waals surface area (Å²) >= 11 is 0. The van der Waals surface area contributed by atoms with Gasteiger partial charge < -0.3 is 10.1 Å². The molecule has 0 aromatic heterocycles. The first-order valence-electron chi connectivity index (χ1n) is 9.91. The number of nitrogens with one attached hydrogen (secondary N) is 1. The van der Waals surface area contributed by atoms with Gasteiger partial charge in [-0.3, -0.25) is 14.8 Å². The van der Waals surface area contributed by atoms with E-state index in [-0.39, 0.29) is 17.0 Å². The zero-order valence-electron chi connectivity index (χ0n) is 16.5. The van der Waals surface area contributed by atoms with Gasteiger partial charge in [0.15, 0.2) is 0 Å². The molecule has 0 unspecified atom stereocenters. The number of halogens is 3. The first-order valence-corrected chi connectivity index (χ1v) is 9.91. The molecule has 2 N–H and O–H groups in total. The highest BCUT2D eigenvalue weighted by Gasteiger charge is 2.44. The Kier molecular flexibility index (Phi) is 5.38. The molecule has 2 amide bonds. The fourth-order valence-corrected chi connectivity index (χ4v) is 4.36. The number of para-hydroxylation sites is 1. The Bertz CT molecular complexity index is 1020. The molecule has 2 aliphatic rings. The third-order valence-electron chi connectivity index (χ3n) is 5.98. The summed E-state index contributed by atoms with van der Waals surface area (Å²) < 4.78 is 41.8. The van der Waals surface area contributed by atoms with Crippen LogP contribution in [0.4, 0.5) is 13.2 Å². The number of aryl methyl sites for hydroxylation is 1. The summed E-state index contributed by atoms with van der Waals surface area (Å²) in [5, 5.41) is 13.5. The molecule has 164 valence electrons. The molecule has 1 aliphatic heterocycles. The van der Waals surface area contributed by atoms with E-state index in [0.717, 1.165) is 36.5 Å². The van der Waals surface area contributed by atoms with Gasteiger partial charge in [-0.2, -0.15) is 0 Å². The summed E-state index contributed by atoms with van der Waals surface area (Å²) in [6.07, 6.45) is -2.15. The van der Waals surface area contributed by atoms with Crippen LogP contribution >= 0.6 is 0 Å². The Morgan fingerprint density at radius 2 is 1.94 bits per heavy atom. The maximum atomic E-state index is 12.7. The third-order valence-corrected chi connectivity index (χ3v) is 5.98. The van der Waals surface area contributed by atoms with Crippen LogP contribution in [-0.2, 0) is 24.2 Å². The molecule has 31 heavy (non-hydrogen) atoms. The van der Waals surface area contributed by atoms with Crippen LogP contribution in [0.5, 0.6) is 5.75 Å². The van der Waals surface area contributed by atoms with Gasteiger partial charge in [0.1, 0.15) is 5.75 Å². The minimum atomic E-state index is -4.89. The number of nitrogens with zero attached hydrogens (tertiary/aromatic N) is 1. The van der Waals surface area contributed by atoms with E-state index < -0.39 is 30.0 Å². The minimum Gasteiger partial charge on any atom is -0.405 e. The molecule has 1 spiro atoms. The Labute approximate surface area is 176 Å². The third kappa shape index (κ3) is 4.36. The van der Waals surface area contributed by atoms with Crippen LogP contribution in [0.1, 0.15) is 39.9 Å². The predicted octanol–water partition coefficient (Wildman–Crippen LogP) is 3.61. The van der Waals surface area contributed by atoms with Gasteiger partial charge in [-0.15, -0.1) is 13.2 Å². The number of carbonyl (C=O) groups excluding carboxylic acids is 2. The minimum absolute atomic E-state index is 0.00946. The molecular weight excluding hydrogens is 413 g/mol. The lowest BCUT2D eigenvalue weighted by Crippen LogP contribution is -2.36. The molecule has 4 rings (SSSR count). The Balaban J connectivity index is 1.52. The zero-order valence-corrected chi connectivity index (χ0v) is 16.5. The lowest BCUT2D eigenvalue weighted by Gasteiger charge is -2.32. The van der Waals surface area contributed by atoms with Crippen molar-refractivity contribution >= 4 is 11.8 Å². The normalized spacial score (nSPS) is 20.3. The average Bonchev–Trinajstić information content (AvgIpc) is 3.06. The van der Waals surface area contributed by atoms with E-state index in [1.165, 1.54) is 18.2 Å². The SMILES string of the molecule is O=C(c1ccc2c(c1)C[C@@]1(CCNC1=O)CC2)N(O)Cc1ccccc1OC(F)(F)F. The van der Waals surface area contributed by atoms with Crippen LogP contribution < -0.4 is 10.1 Å². The summed E-state index contributed by atoms with van der Waals surface area (Å²) in [5.74, 6) is -1.21. The molecule has 1 saturated heterocycles. The molecule has 1 atom stereocenters. The number of hydrogen-bond donors (Lipinski definition) is 2. The first-order chi connectivity index (χ1) is 14.7. The van der Waals surface area contributed by atoms with Crippen LogP contribution in [0.3, 0.4) is 0 Å². The Morgan fingerprint density at radius 3 is 2.65 bits per heavy atom. The zero-order chi connectivity index (χ0) is 22.2. The lowest BCUT2D eigenvalue weighted by atomic mass is 9.70. The van der Waals surface area contributed by atoms with Crippen LogP contribution in [0.2, 0.25) is 0 Å². The van der Waals surface area contributed by atoms with Crippen LogP contribution in [0, 0.1) is 5.41 Å². The molecule has 1 aliphatic carbocycles. The Hall–Kier alpha value is -3.07. The van der Waals surface area contributed by atoms with Gasteiger partial charge >= 0.3 is 6.36 Å². The van der Waals surface area contributed by atoms with Gasteiger partial charge in [0, 0.05) is 17.7 Å². The molecule has 0 saturated carbocycles. The smallest absolute Gasteiger partial charge is 0.405 e. The average molecular weight is 434 g/mol. The summed E-state index contributed by atoms with van der Waals surface area (Å²) in [7, 11) is 0. The number of fused-ring (bicyclic) bond motifs is 1. The molecule has 2 aromatic rings. The molecule has 0 radical (unpaired) electrons. The fraction of sp³-hybridized carbons (Fsp3) is 0.364. The van der Waals surface area contributed by atoms with E-state index in [9.17, 15) is 28.0 Å². The van der Waals surface area contributed by atoms with Crippen molar-refractivity contribution in [1.29, 1.82) is 0 Å². The number of ether oxygens (including phenoxy) is 1. The van der Waals surface area contributed by atoms with Crippen molar-refractivity contribution in [2.45, 2.75) is 38.6 Å². The predicted molar refractivity (Wildman–Crippen MR) is 103 cm³/mol. The number of benzene rings is 2. The maximum Gasteiger partial charge on any atom is 0.573 e. The Morgan fingerprint density at radius 1 is 1.16 bits per heavy atom. The van der Waals surface area contributed by atoms with Crippen molar-refractivity contribution in [2.24, 2.45) is 5.41 Å². The van der Waals surface area contributed by atoms with Crippen molar-refractivity contribution < 1.29 is 32.7 Å². The van der Waals surface area contributed by atoms with Crippen molar-refractivity contribution in [3.63, 3.8) is 0 Å². The summed E-state index contributed by atoms with van der Waals surface area (Å²) in [6.45, 7) is 0.158. The van der Waals surface area contributed by atoms with E-state index in [2.05, 4.69) is 10.1 Å². The van der Waals surface area contributed by atoms with Crippen molar-refractivity contribution in [2.75, 3.05) is 6.54 Å². The van der Waals surface area contributed by atoms with Gasteiger partial charge in [0.25, 0.3) is 5.91 Å². The molecule has 1 fully saturated rings. The highest BCUT2D eigenvalue weighted by molar-refractivity contribution is 5.94. The fourth-order valence-electron chi connectivity index (χ4n) is 4.36. The van der Waals surface area contributed by atoms with Gasteiger partial charge in [0.05, 0.1) is 12.0 Å². The van der Waals surface area contributed by atoms with E-state index in [0.29, 0.717) is 18.0 Å². The number of alkyl halides is 3. The van der Waals surface area contributed by atoms with Gasteiger partial charge in [-0.05, 0) is 55.0 Å². The molecular formula is C22H21F3N2O4. The van der Waals surface area contributed by atoms with Crippen molar-refractivity contribution in [3.8, 4) is 5.75 Å². The quantitative estimate of drug-likeness (QED) is 0.569. The molecule has 9 heteroatoms.